The Labute approximate surface area is 217 Å². The van der Waals surface area contributed by atoms with Crippen molar-refractivity contribution in [3.05, 3.63) is 74.8 Å². The number of amides is 1. The molecule has 37 heavy (non-hydrogen) atoms. The first-order valence-electron chi connectivity index (χ1n) is 12.8. The van der Waals surface area contributed by atoms with Gasteiger partial charge < -0.3 is 31.6 Å². The maximum atomic E-state index is 13.4. The molecule has 4 rings (SSSR count). The van der Waals surface area contributed by atoms with Gasteiger partial charge in [0.25, 0.3) is 11.5 Å². The van der Waals surface area contributed by atoms with Crippen molar-refractivity contribution >= 4 is 17.4 Å². The smallest absolute Gasteiger partial charge is 0.253 e. The summed E-state index contributed by atoms with van der Waals surface area (Å²) in [4.78, 5) is 35.6. The number of piperazine rings is 1. The summed E-state index contributed by atoms with van der Waals surface area (Å²) in [5.41, 5.74) is 11.9. The number of aromatic nitrogens is 2. The molecule has 1 fully saturated rings. The third kappa shape index (κ3) is 6.18. The number of H-pyrrole nitrogens is 1. The van der Waals surface area contributed by atoms with E-state index in [-0.39, 0.29) is 30.6 Å². The Bertz CT molecular complexity index is 1310. The third-order valence-electron chi connectivity index (χ3n) is 6.58. The molecule has 9 nitrogen and oxygen atoms in total. The Kier molecular flexibility index (Phi) is 8.25. The number of carbonyl (C=O) groups excluding carboxylic acids is 1. The first-order valence-corrected chi connectivity index (χ1v) is 12.8. The zero-order valence-electron chi connectivity index (χ0n) is 22.1. The van der Waals surface area contributed by atoms with Gasteiger partial charge in [-0.15, -0.1) is 0 Å². The van der Waals surface area contributed by atoms with E-state index in [1.54, 1.807) is 0 Å². The van der Waals surface area contributed by atoms with Crippen molar-refractivity contribution < 1.29 is 4.79 Å². The second-order valence-electron chi connectivity index (χ2n) is 9.82. The highest BCUT2D eigenvalue weighted by molar-refractivity contribution is 5.99. The van der Waals surface area contributed by atoms with Crippen LogP contribution in [0.15, 0.2) is 41.3 Å². The molecule has 6 N–H and O–H groups in total. The summed E-state index contributed by atoms with van der Waals surface area (Å²) >= 11 is 0. The minimum atomic E-state index is -0.279. The summed E-state index contributed by atoms with van der Waals surface area (Å²) in [6, 6.07) is 10.00. The molecule has 0 saturated carbocycles. The normalized spacial score (nSPS) is 13.6. The van der Waals surface area contributed by atoms with Crippen LogP contribution in [0.1, 0.15) is 46.6 Å². The predicted octanol–water partition coefficient (Wildman–Crippen LogP) is 2.67. The first kappa shape index (κ1) is 26.4. The molecular formula is C28H37N7O2. The molecule has 0 aliphatic carbocycles. The van der Waals surface area contributed by atoms with Gasteiger partial charge in [-0.1, -0.05) is 0 Å². The number of aryl methyl sites for hydroxylation is 2. The fourth-order valence-corrected chi connectivity index (χ4v) is 4.70. The van der Waals surface area contributed by atoms with Crippen LogP contribution in [0.25, 0.3) is 11.1 Å². The number of carbonyl (C=O) groups is 1. The highest BCUT2D eigenvalue weighted by Crippen LogP contribution is 2.30. The number of anilines is 2. The van der Waals surface area contributed by atoms with Crippen LogP contribution in [0.5, 0.6) is 0 Å². The van der Waals surface area contributed by atoms with E-state index in [9.17, 15) is 9.59 Å². The lowest BCUT2D eigenvalue weighted by Gasteiger charge is -2.28. The minimum absolute atomic E-state index is 0.127. The van der Waals surface area contributed by atoms with Gasteiger partial charge >= 0.3 is 0 Å². The van der Waals surface area contributed by atoms with Gasteiger partial charge in [0.1, 0.15) is 5.82 Å². The standard InChI is InChI=1S/C28H37N7O2/c1-17(2)33-25-13-21(20-5-6-26(31-15-20)35-9-7-30-8-10-35)12-22(23(25)14-29)27(36)32-16-24-18(3)11-19(4)34-28(24)37/h5-6,11-13,15,17,30,33H,7-10,14,16,29H2,1-4H3,(H,32,36)(H,34,37). The molecule has 0 bridgehead atoms. The van der Waals surface area contributed by atoms with Crippen LogP contribution in [0, 0.1) is 13.8 Å². The van der Waals surface area contributed by atoms with E-state index in [4.69, 9.17) is 10.7 Å². The monoisotopic (exact) mass is 503 g/mol. The van der Waals surface area contributed by atoms with E-state index >= 15 is 0 Å². The van der Waals surface area contributed by atoms with E-state index in [0.717, 1.165) is 65.6 Å². The number of nitrogens with zero attached hydrogens (tertiary/aromatic N) is 2. The van der Waals surface area contributed by atoms with Crippen molar-refractivity contribution in [2.75, 3.05) is 36.4 Å². The van der Waals surface area contributed by atoms with Gasteiger partial charge in [-0.05, 0) is 69.2 Å². The number of nitrogens with one attached hydrogen (secondary N) is 4. The summed E-state index contributed by atoms with van der Waals surface area (Å²) in [5, 5.41) is 9.73. The van der Waals surface area contributed by atoms with Gasteiger partial charge in [-0.3, -0.25) is 9.59 Å². The average molecular weight is 504 g/mol. The number of nitrogens with two attached hydrogens (primary N) is 1. The van der Waals surface area contributed by atoms with Crippen molar-refractivity contribution in [1.29, 1.82) is 0 Å². The van der Waals surface area contributed by atoms with Gasteiger partial charge in [0.05, 0.1) is 0 Å². The lowest BCUT2D eigenvalue weighted by atomic mass is 9.96. The number of rotatable bonds is 8. The van der Waals surface area contributed by atoms with Crippen molar-refractivity contribution in [3.8, 4) is 11.1 Å². The summed E-state index contributed by atoms with van der Waals surface area (Å²) in [6.45, 7) is 11.9. The molecule has 0 unspecified atom stereocenters. The third-order valence-corrected chi connectivity index (χ3v) is 6.58. The number of aromatic amines is 1. The molecule has 2 aromatic heterocycles. The molecule has 1 aromatic carbocycles. The van der Waals surface area contributed by atoms with Crippen LogP contribution in [-0.2, 0) is 13.1 Å². The van der Waals surface area contributed by atoms with E-state index in [0.29, 0.717) is 11.1 Å². The summed E-state index contributed by atoms with van der Waals surface area (Å²) in [6.07, 6.45) is 1.85. The molecular weight excluding hydrogens is 466 g/mol. The summed E-state index contributed by atoms with van der Waals surface area (Å²) in [5.74, 6) is 0.667. The highest BCUT2D eigenvalue weighted by atomic mass is 16.1. The SMILES string of the molecule is Cc1cc(C)c(CNC(=O)c2cc(-c3ccc(N4CCNCC4)nc3)cc(NC(C)C)c2CN)c(=O)[nH]1. The Morgan fingerprint density at radius 1 is 1.11 bits per heavy atom. The van der Waals surface area contributed by atoms with Crippen LogP contribution in [0.2, 0.25) is 0 Å². The second-order valence-corrected chi connectivity index (χ2v) is 9.82. The number of pyridine rings is 2. The van der Waals surface area contributed by atoms with Gasteiger partial charge in [-0.25, -0.2) is 4.98 Å². The first-order chi connectivity index (χ1) is 17.8. The largest absolute Gasteiger partial charge is 0.383 e. The molecule has 9 heteroatoms. The lowest BCUT2D eigenvalue weighted by Crippen LogP contribution is -2.43. The number of hydrogen-bond acceptors (Lipinski definition) is 7. The van der Waals surface area contributed by atoms with Crippen molar-refractivity contribution in [1.82, 2.24) is 20.6 Å². The van der Waals surface area contributed by atoms with Crippen molar-refractivity contribution in [2.45, 2.75) is 46.8 Å². The maximum Gasteiger partial charge on any atom is 0.253 e. The van der Waals surface area contributed by atoms with Crippen LogP contribution >= 0.6 is 0 Å². The Hall–Kier alpha value is -3.69. The van der Waals surface area contributed by atoms with E-state index < -0.39 is 0 Å². The lowest BCUT2D eigenvalue weighted by molar-refractivity contribution is 0.0950. The van der Waals surface area contributed by atoms with Gasteiger partial charge in [0, 0.05) is 85.1 Å². The summed E-state index contributed by atoms with van der Waals surface area (Å²) in [7, 11) is 0. The second kappa shape index (κ2) is 11.6. The van der Waals surface area contributed by atoms with Crippen LogP contribution in [0.4, 0.5) is 11.5 Å². The predicted molar refractivity (Wildman–Crippen MR) is 149 cm³/mol. The maximum absolute atomic E-state index is 13.4. The molecule has 1 aliphatic rings. The molecule has 0 radical (unpaired) electrons. The zero-order valence-corrected chi connectivity index (χ0v) is 22.1. The zero-order chi connectivity index (χ0) is 26.5. The van der Waals surface area contributed by atoms with E-state index in [1.165, 1.54) is 0 Å². The molecule has 1 saturated heterocycles. The highest BCUT2D eigenvalue weighted by Gasteiger charge is 2.19. The quantitative estimate of drug-likeness (QED) is 0.320. The van der Waals surface area contributed by atoms with Crippen LogP contribution < -0.4 is 32.1 Å². The molecule has 0 spiro atoms. The molecule has 3 aromatic rings. The van der Waals surface area contributed by atoms with Crippen LogP contribution in [-0.4, -0.2) is 48.1 Å². The minimum Gasteiger partial charge on any atom is -0.383 e. The number of hydrogen-bond donors (Lipinski definition) is 5. The topological polar surface area (TPSA) is 128 Å². The number of benzene rings is 1. The fraction of sp³-hybridized carbons (Fsp3) is 0.393. The van der Waals surface area contributed by atoms with Gasteiger partial charge in [0.15, 0.2) is 0 Å². The fourth-order valence-electron chi connectivity index (χ4n) is 4.70. The Morgan fingerprint density at radius 3 is 2.49 bits per heavy atom. The average Bonchev–Trinajstić information content (AvgIpc) is 2.87. The molecule has 3 heterocycles. The van der Waals surface area contributed by atoms with Gasteiger partial charge in [-0.2, -0.15) is 0 Å². The molecule has 196 valence electrons. The van der Waals surface area contributed by atoms with E-state index in [2.05, 4.69) is 25.8 Å². The molecule has 1 aliphatic heterocycles. The van der Waals surface area contributed by atoms with E-state index in [1.807, 2.05) is 64.2 Å². The van der Waals surface area contributed by atoms with Crippen LogP contribution in [0.3, 0.4) is 0 Å². The van der Waals surface area contributed by atoms with Crippen molar-refractivity contribution in [2.24, 2.45) is 5.73 Å². The molecule has 1 amide bonds. The van der Waals surface area contributed by atoms with Gasteiger partial charge in [0.2, 0.25) is 0 Å². The Balaban J connectivity index is 1.66. The Morgan fingerprint density at radius 2 is 1.86 bits per heavy atom. The summed E-state index contributed by atoms with van der Waals surface area (Å²) < 4.78 is 0. The van der Waals surface area contributed by atoms with Crippen molar-refractivity contribution in [3.63, 3.8) is 0 Å². The molecule has 0 atom stereocenters.